The van der Waals surface area contributed by atoms with E-state index in [-0.39, 0.29) is 35.5 Å². The fourth-order valence-corrected chi connectivity index (χ4v) is 4.00. The van der Waals surface area contributed by atoms with Crippen LogP contribution in [0, 0.1) is 5.82 Å². The number of hydrogen-bond acceptors (Lipinski definition) is 5. The molecular weight excluding hydrogens is 484 g/mol. The van der Waals surface area contributed by atoms with Gasteiger partial charge in [-0.3, -0.25) is 29.5 Å². The summed E-state index contributed by atoms with van der Waals surface area (Å²) >= 11 is 5.53. The van der Waals surface area contributed by atoms with Crippen LogP contribution in [0.3, 0.4) is 0 Å². The predicted octanol–water partition coefficient (Wildman–Crippen LogP) is 2.45. The average molecular weight is 499 g/mol. The predicted molar refractivity (Wildman–Crippen MR) is 108 cm³/mol. The number of rotatable bonds is 5. The first-order valence-electron chi connectivity index (χ1n) is 9.90. The Labute approximate surface area is 194 Å². The second kappa shape index (κ2) is 8.67. The molecule has 0 radical (unpaired) electrons. The van der Waals surface area contributed by atoms with Crippen molar-refractivity contribution in [3.05, 3.63) is 63.7 Å². The van der Waals surface area contributed by atoms with Crippen molar-refractivity contribution in [2.45, 2.75) is 37.6 Å². The monoisotopic (exact) mass is 498 g/mol. The van der Waals surface area contributed by atoms with E-state index in [0.29, 0.717) is 11.6 Å². The maximum Gasteiger partial charge on any atom is 0.296 e. The van der Waals surface area contributed by atoms with E-state index in [1.807, 2.05) is 0 Å². The largest absolute Gasteiger partial charge is 0.322 e. The first-order chi connectivity index (χ1) is 16.0. The Balaban J connectivity index is 1.58. The van der Waals surface area contributed by atoms with E-state index < -0.39 is 53.4 Å². The van der Waals surface area contributed by atoms with Crippen LogP contribution in [0.25, 0.3) is 0 Å². The van der Waals surface area contributed by atoms with Gasteiger partial charge in [0.1, 0.15) is 11.7 Å². The summed E-state index contributed by atoms with van der Waals surface area (Å²) in [4.78, 5) is 53.3. The number of amides is 4. The topological polar surface area (TPSA) is 108 Å². The van der Waals surface area contributed by atoms with E-state index in [9.17, 15) is 32.3 Å². The highest BCUT2D eigenvalue weighted by molar-refractivity contribution is 6.30. The number of fused-ring (bicyclic) bond motifs is 1. The Hall–Kier alpha value is -3.54. The van der Waals surface area contributed by atoms with Gasteiger partial charge in [-0.05, 0) is 36.2 Å². The van der Waals surface area contributed by atoms with E-state index in [4.69, 9.17) is 11.6 Å². The second-order valence-electron chi connectivity index (χ2n) is 7.72. The number of nitrogens with one attached hydrogen (secondary N) is 2. The lowest BCUT2D eigenvalue weighted by Crippen LogP contribution is -2.52. The van der Waals surface area contributed by atoms with Crippen LogP contribution in [0.2, 0.25) is 5.02 Å². The van der Waals surface area contributed by atoms with Crippen LogP contribution in [-0.2, 0) is 21.9 Å². The van der Waals surface area contributed by atoms with Crippen molar-refractivity contribution >= 4 is 35.2 Å². The molecular formula is C21H15ClF4N4O4. The maximum atomic E-state index is 15.1. The number of alkyl halides is 3. The third-order valence-corrected chi connectivity index (χ3v) is 5.74. The molecule has 4 amide bonds. The minimum atomic E-state index is -3.96. The highest BCUT2D eigenvalue weighted by Crippen LogP contribution is 2.33. The van der Waals surface area contributed by atoms with Gasteiger partial charge in [-0.1, -0.05) is 11.6 Å². The summed E-state index contributed by atoms with van der Waals surface area (Å²) in [5.74, 6) is -8.35. The Kier molecular flexibility index (Phi) is 6.02. The Morgan fingerprint density at radius 1 is 1.26 bits per heavy atom. The summed E-state index contributed by atoms with van der Waals surface area (Å²) < 4.78 is 56.4. The molecule has 2 unspecified atom stereocenters. The molecule has 0 aliphatic carbocycles. The molecule has 0 bridgehead atoms. The van der Waals surface area contributed by atoms with Gasteiger partial charge in [0, 0.05) is 30.3 Å². The van der Waals surface area contributed by atoms with Crippen molar-refractivity contribution in [2.24, 2.45) is 0 Å². The first kappa shape index (κ1) is 23.6. The number of piperidine rings is 1. The number of imide groups is 1. The molecule has 2 N–H and O–H groups in total. The molecule has 1 fully saturated rings. The number of benzene rings is 1. The van der Waals surface area contributed by atoms with Gasteiger partial charge in [-0.15, -0.1) is 0 Å². The van der Waals surface area contributed by atoms with Crippen LogP contribution in [0.1, 0.15) is 44.8 Å². The molecule has 0 saturated carbocycles. The third-order valence-electron chi connectivity index (χ3n) is 5.53. The molecule has 1 saturated heterocycles. The van der Waals surface area contributed by atoms with Crippen LogP contribution >= 0.6 is 11.6 Å². The zero-order valence-corrected chi connectivity index (χ0v) is 17.8. The molecule has 2 atom stereocenters. The summed E-state index contributed by atoms with van der Waals surface area (Å²) in [7, 11) is 0. The quantitative estimate of drug-likeness (QED) is 0.374. The van der Waals surface area contributed by atoms with Crippen molar-refractivity contribution in [3.63, 3.8) is 0 Å². The molecule has 13 heteroatoms. The van der Waals surface area contributed by atoms with Crippen molar-refractivity contribution < 1.29 is 36.7 Å². The minimum absolute atomic E-state index is 0.0473. The van der Waals surface area contributed by atoms with E-state index in [2.05, 4.69) is 10.3 Å². The van der Waals surface area contributed by atoms with Crippen LogP contribution in [-0.4, -0.2) is 46.0 Å². The van der Waals surface area contributed by atoms with Crippen molar-refractivity contribution in [1.29, 1.82) is 0 Å². The molecule has 2 aromatic rings. The number of carbonyl (C=O) groups excluding carboxylic acids is 4. The smallest absolute Gasteiger partial charge is 0.296 e. The number of pyridine rings is 1. The Bertz CT molecular complexity index is 1230. The zero-order valence-electron chi connectivity index (χ0n) is 17.1. The van der Waals surface area contributed by atoms with Gasteiger partial charge in [-0.25, -0.2) is 17.6 Å². The second-order valence-corrected chi connectivity index (χ2v) is 8.16. The number of carbonyl (C=O) groups is 4. The summed E-state index contributed by atoms with van der Waals surface area (Å²) in [6, 6.07) is 3.22. The third kappa shape index (κ3) is 4.09. The highest BCUT2D eigenvalue weighted by Gasteiger charge is 2.48. The van der Waals surface area contributed by atoms with Crippen molar-refractivity contribution in [2.75, 3.05) is 0 Å². The van der Waals surface area contributed by atoms with Crippen LogP contribution in [0.5, 0.6) is 0 Å². The number of nitrogens with zero attached hydrogens (tertiary/aromatic N) is 2. The van der Waals surface area contributed by atoms with Crippen molar-refractivity contribution in [1.82, 2.24) is 20.5 Å². The maximum absolute atomic E-state index is 15.1. The van der Waals surface area contributed by atoms with Gasteiger partial charge >= 0.3 is 0 Å². The Morgan fingerprint density at radius 3 is 2.65 bits per heavy atom. The van der Waals surface area contributed by atoms with Gasteiger partial charge in [0.05, 0.1) is 5.02 Å². The lowest BCUT2D eigenvalue weighted by molar-refractivity contribution is -0.136. The van der Waals surface area contributed by atoms with Crippen LogP contribution < -0.4 is 10.6 Å². The highest BCUT2D eigenvalue weighted by atomic mass is 35.5. The summed E-state index contributed by atoms with van der Waals surface area (Å²) in [6.07, 6.45) is -2.95. The summed E-state index contributed by atoms with van der Waals surface area (Å²) in [6.45, 7) is -0.0927. The molecule has 3 heterocycles. The van der Waals surface area contributed by atoms with Gasteiger partial charge in [0.2, 0.25) is 11.8 Å². The Morgan fingerprint density at radius 2 is 2.00 bits per heavy atom. The molecule has 1 aromatic carbocycles. The molecule has 8 nitrogen and oxygen atoms in total. The molecule has 1 aromatic heterocycles. The lowest BCUT2D eigenvalue weighted by atomic mass is 10.0. The molecule has 2 aliphatic rings. The molecule has 2 aliphatic heterocycles. The first-order valence-corrected chi connectivity index (χ1v) is 10.3. The number of aromatic nitrogens is 1. The number of halogens is 5. The molecule has 0 spiro atoms. The molecule has 34 heavy (non-hydrogen) atoms. The minimum Gasteiger partial charge on any atom is -0.322 e. The fraction of sp³-hybridized carbons (Fsp3) is 0.286. The normalized spacial score (nSPS) is 19.6. The van der Waals surface area contributed by atoms with Crippen molar-refractivity contribution in [3.8, 4) is 0 Å². The lowest BCUT2D eigenvalue weighted by Gasteiger charge is -2.29. The van der Waals surface area contributed by atoms with Crippen LogP contribution in [0.4, 0.5) is 17.6 Å². The van der Waals surface area contributed by atoms with Gasteiger partial charge < -0.3 is 10.2 Å². The zero-order chi connectivity index (χ0) is 24.8. The number of hydrogen-bond donors (Lipinski definition) is 2. The molecule has 178 valence electrons. The van der Waals surface area contributed by atoms with E-state index in [1.54, 1.807) is 0 Å². The standard InChI is InChI=1S/C21H15ClF4N4O4/c22-11-6-13(23)16(27-7-11)21(26,20(24)25)29-17(32)9-1-2-12-10(5-9)8-30(19(12)34)14-3-4-15(31)28-18(14)33/h1-2,5-7,14,20H,3-4,8H2,(H,29,32)(H,28,31,33). The van der Waals surface area contributed by atoms with Gasteiger partial charge in [-0.2, -0.15) is 0 Å². The summed E-state index contributed by atoms with van der Waals surface area (Å²) in [5.41, 5.74) is -1.18. The SMILES string of the molecule is O=C1CCC(N2Cc3cc(C(=O)NC(F)(c4ncc(Cl)cc4F)C(F)F)ccc3C2=O)C(=O)N1. The summed E-state index contributed by atoms with van der Waals surface area (Å²) in [5, 5.41) is 3.37. The van der Waals surface area contributed by atoms with Crippen LogP contribution in [0.15, 0.2) is 30.5 Å². The molecule has 4 rings (SSSR count). The van der Waals surface area contributed by atoms with E-state index in [0.717, 1.165) is 12.3 Å². The fourth-order valence-electron chi connectivity index (χ4n) is 3.85. The van der Waals surface area contributed by atoms with E-state index in [1.165, 1.54) is 22.3 Å². The average Bonchev–Trinajstić information content (AvgIpc) is 3.09. The van der Waals surface area contributed by atoms with E-state index >= 15 is 4.39 Å². The van der Waals surface area contributed by atoms with Gasteiger partial charge in [0.15, 0.2) is 5.82 Å². The van der Waals surface area contributed by atoms with Gasteiger partial charge in [0.25, 0.3) is 24.0 Å².